The number of thioether (sulfide) groups is 1. The van der Waals surface area contributed by atoms with E-state index < -0.39 is 0 Å². The highest BCUT2D eigenvalue weighted by molar-refractivity contribution is 7.99. The molecule has 4 N–H and O–H groups in total. The molecule has 2 aromatic heterocycles. The smallest absolute Gasteiger partial charge is 0.264 e. The highest BCUT2D eigenvalue weighted by atomic mass is 32.2. The molecule has 0 atom stereocenters. The van der Waals surface area contributed by atoms with Gasteiger partial charge in [0.15, 0.2) is 5.13 Å². The van der Waals surface area contributed by atoms with Crippen molar-refractivity contribution < 1.29 is 4.79 Å². The molecule has 0 saturated heterocycles. The van der Waals surface area contributed by atoms with Gasteiger partial charge >= 0.3 is 0 Å². The Morgan fingerprint density at radius 2 is 2.19 bits per heavy atom. The number of rotatable bonds is 7. The molecular formula is C15H16N8OS2. The van der Waals surface area contributed by atoms with Crippen LogP contribution >= 0.6 is 23.1 Å². The molecule has 26 heavy (non-hydrogen) atoms. The number of aromatic nitrogens is 4. The maximum atomic E-state index is 11.9. The summed E-state index contributed by atoms with van der Waals surface area (Å²) in [7, 11) is 0. The van der Waals surface area contributed by atoms with Crippen LogP contribution in [0.2, 0.25) is 0 Å². The van der Waals surface area contributed by atoms with Crippen LogP contribution in [0.5, 0.6) is 0 Å². The Balaban J connectivity index is 1.52. The van der Waals surface area contributed by atoms with E-state index in [1.54, 1.807) is 6.21 Å². The van der Waals surface area contributed by atoms with Crippen LogP contribution in [0, 0.1) is 6.92 Å². The lowest BCUT2D eigenvalue weighted by Crippen LogP contribution is -2.16. The Hall–Kier alpha value is -2.92. The third-order valence-electron chi connectivity index (χ3n) is 3.04. The molecule has 11 heteroatoms. The van der Waals surface area contributed by atoms with Crippen molar-refractivity contribution >= 4 is 46.3 Å². The summed E-state index contributed by atoms with van der Waals surface area (Å²) < 4.78 is 1.24. The van der Waals surface area contributed by atoms with Crippen LogP contribution in [0.3, 0.4) is 0 Å². The summed E-state index contributed by atoms with van der Waals surface area (Å²) in [6.07, 6.45) is 1.64. The molecule has 0 radical (unpaired) electrons. The van der Waals surface area contributed by atoms with Gasteiger partial charge in [-0.2, -0.15) is 5.10 Å². The zero-order valence-electron chi connectivity index (χ0n) is 13.8. The molecule has 0 aliphatic rings. The summed E-state index contributed by atoms with van der Waals surface area (Å²) in [5.74, 6) is 6.14. The first kappa shape index (κ1) is 17.9. The number of thiazole rings is 1. The second-order valence-corrected chi connectivity index (χ2v) is 6.89. The fourth-order valence-electron chi connectivity index (χ4n) is 1.85. The third-order valence-corrected chi connectivity index (χ3v) is 4.86. The van der Waals surface area contributed by atoms with Gasteiger partial charge in [-0.05, 0) is 12.5 Å². The van der Waals surface area contributed by atoms with Crippen LogP contribution in [-0.4, -0.2) is 37.7 Å². The van der Waals surface area contributed by atoms with Gasteiger partial charge in [0.05, 0.1) is 17.7 Å². The highest BCUT2D eigenvalue weighted by Crippen LogP contribution is 2.18. The van der Waals surface area contributed by atoms with Crippen molar-refractivity contribution in [3.8, 4) is 0 Å². The summed E-state index contributed by atoms with van der Waals surface area (Å²) in [5.41, 5.74) is 4.53. The minimum Gasteiger partial charge on any atom is -0.334 e. The highest BCUT2D eigenvalue weighted by Gasteiger charge is 2.12. The van der Waals surface area contributed by atoms with E-state index in [0.717, 1.165) is 11.3 Å². The normalized spacial score (nSPS) is 11.0. The third kappa shape index (κ3) is 4.80. The average Bonchev–Trinajstić information content (AvgIpc) is 3.20. The minimum absolute atomic E-state index is 0.140. The second-order valence-electron chi connectivity index (χ2n) is 5.09. The predicted molar refractivity (Wildman–Crippen MR) is 104 cm³/mol. The first-order valence-electron chi connectivity index (χ1n) is 7.51. The summed E-state index contributed by atoms with van der Waals surface area (Å²) in [6.45, 7) is 1.87. The molecule has 2 heterocycles. The molecule has 0 fully saturated rings. The molecule has 134 valence electrons. The van der Waals surface area contributed by atoms with E-state index in [-0.39, 0.29) is 17.6 Å². The number of hydrogen-bond donors (Lipinski definition) is 3. The number of carbonyl (C=O) groups is 1. The molecule has 0 spiro atoms. The lowest BCUT2D eigenvalue weighted by Gasteiger charge is -2.03. The molecule has 0 unspecified atom stereocenters. The molecule has 0 saturated carbocycles. The van der Waals surface area contributed by atoms with Crippen molar-refractivity contribution in [2.75, 3.05) is 22.3 Å². The van der Waals surface area contributed by atoms with E-state index in [9.17, 15) is 4.79 Å². The largest absolute Gasteiger partial charge is 0.334 e. The van der Waals surface area contributed by atoms with Crippen molar-refractivity contribution in [3.63, 3.8) is 0 Å². The summed E-state index contributed by atoms with van der Waals surface area (Å²) in [4.78, 5) is 16.1. The molecular weight excluding hydrogens is 372 g/mol. The molecule has 9 nitrogen and oxygen atoms in total. The molecule has 3 aromatic rings. The number of hydrogen-bond acceptors (Lipinski definition) is 9. The van der Waals surface area contributed by atoms with E-state index in [4.69, 9.17) is 5.84 Å². The van der Waals surface area contributed by atoms with E-state index in [1.165, 1.54) is 27.8 Å². The van der Waals surface area contributed by atoms with Gasteiger partial charge in [-0.15, -0.1) is 21.5 Å². The number of amides is 1. The maximum Gasteiger partial charge on any atom is 0.264 e. The molecule has 3 rings (SSSR count). The Bertz CT molecular complexity index is 906. The van der Waals surface area contributed by atoms with E-state index in [0.29, 0.717) is 10.3 Å². The maximum absolute atomic E-state index is 11.9. The minimum atomic E-state index is -0.191. The number of nitrogens with two attached hydrogens (primary N) is 1. The number of nitrogens with one attached hydrogen (secondary N) is 2. The fourth-order valence-corrected chi connectivity index (χ4v) is 3.21. The SMILES string of the molecule is Cc1csc(NC(=O)CSc2nnc(N/N=C/c3ccccc3)n2N)n1. The van der Waals surface area contributed by atoms with E-state index in [2.05, 4.69) is 31.0 Å². The second kappa shape index (κ2) is 8.45. The molecule has 1 aromatic carbocycles. The zero-order chi connectivity index (χ0) is 18.4. The van der Waals surface area contributed by atoms with Gasteiger partial charge in [0, 0.05) is 5.38 Å². The Labute approximate surface area is 157 Å². The van der Waals surface area contributed by atoms with Crippen molar-refractivity contribution in [2.24, 2.45) is 5.10 Å². The number of carbonyl (C=O) groups excluding carboxylic acids is 1. The van der Waals surface area contributed by atoms with Gasteiger partial charge in [0.25, 0.3) is 5.95 Å². The number of nitrogen functional groups attached to an aromatic ring is 1. The van der Waals surface area contributed by atoms with Crippen molar-refractivity contribution in [1.29, 1.82) is 0 Å². The van der Waals surface area contributed by atoms with Crippen LogP contribution in [0.1, 0.15) is 11.3 Å². The quantitative estimate of drug-likeness (QED) is 0.244. The first-order chi connectivity index (χ1) is 12.6. The van der Waals surface area contributed by atoms with Gasteiger partial charge in [-0.1, -0.05) is 42.1 Å². The van der Waals surface area contributed by atoms with Gasteiger partial charge in [0.1, 0.15) is 0 Å². The Morgan fingerprint density at radius 1 is 1.38 bits per heavy atom. The van der Waals surface area contributed by atoms with Gasteiger partial charge in [-0.3, -0.25) is 4.79 Å². The lowest BCUT2D eigenvalue weighted by molar-refractivity contribution is -0.113. The number of nitrogens with zero attached hydrogens (tertiary/aromatic N) is 5. The van der Waals surface area contributed by atoms with Crippen molar-refractivity contribution in [2.45, 2.75) is 12.1 Å². The van der Waals surface area contributed by atoms with Crippen molar-refractivity contribution in [1.82, 2.24) is 19.9 Å². The standard InChI is InChI=1S/C15H16N8OS2/c1-10-8-25-14(18-10)19-12(24)9-26-15-22-21-13(23(15)16)20-17-7-11-5-3-2-4-6-11/h2-8H,9,16H2,1H3,(H,20,21)(H,18,19,24)/b17-7+. The van der Waals surface area contributed by atoms with E-state index >= 15 is 0 Å². The van der Waals surface area contributed by atoms with Gasteiger partial charge in [0.2, 0.25) is 11.1 Å². The first-order valence-corrected chi connectivity index (χ1v) is 9.38. The number of benzene rings is 1. The van der Waals surface area contributed by atoms with Crippen LogP contribution in [-0.2, 0) is 4.79 Å². The van der Waals surface area contributed by atoms with Gasteiger partial charge < -0.3 is 11.2 Å². The zero-order valence-corrected chi connectivity index (χ0v) is 15.4. The van der Waals surface area contributed by atoms with Crippen LogP contribution in [0.25, 0.3) is 0 Å². The fraction of sp³-hybridized carbons (Fsp3) is 0.133. The molecule has 0 bridgehead atoms. The lowest BCUT2D eigenvalue weighted by atomic mass is 10.2. The molecule has 0 aliphatic heterocycles. The number of aryl methyl sites for hydroxylation is 1. The van der Waals surface area contributed by atoms with Crippen LogP contribution in [0.15, 0.2) is 46.0 Å². The number of anilines is 2. The Kier molecular flexibility index (Phi) is 5.81. The Morgan fingerprint density at radius 3 is 2.92 bits per heavy atom. The number of hydrazone groups is 1. The van der Waals surface area contributed by atoms with E-state index in [1.807, 2.05) is 42.6 Å². The van der Waals surface area contributed by atoms with Gasteiger partial charge in [-0.25, -0.2) is 15.1 Å². The summed E-state index contributed by atoms with van der Waals surface area (Å²) in [6, 6.07) is 9.60. The topological polar surface area (TPSA) is 123 Å². The summed E-state index contributed by atoms with van der Waals surface area (Å²) in [5, 5.41) is 17.5. The average molecular weight is 388 g/mol. The summed E-state index contributed by atoms with van der Waals surface area (Å²) >= 11 is 2.55. The van der Waals surface area contributed by atoms with Crippen LogP contribution < -0.4 is 16.6 Å². The molecule has 1 amide bonds. The van der Waals surface area contributed by atoms with Crippen LogP contribution in [0.4, 0.5) is 11.1 Å². The van der Waals surface area contributed by atoms with Crippen molar-refractivity contribution in [3.05, 3.63) is 47.0 Å². The predicted octanol–water partition coefficient (Wildman–Crippen LogP) is 1.93. The monoisotopic (exact) mass is 388 g/mol. The molecule has 0 aliphatic carbocycles.